The van der Waals surface area contributed by atoms with E-state index in [2.05, 4.69) is 29.3 Å². The van der Waals surface area contributed by atoms with Crippen molar-refractivity contribution >= 4 is 23.0 Å². The maximum Gasteiger partial charge on any atom is 0.255 e. The minimum Gasteiger partial charge on any atom is -0.508 e. The van der Waals surface area contributed by atoms with Gasteiger partial charge in [-0.15, -0.1) is 0 Å². The third-order valence-corrected chi connectivity index (χ3v) is 5.15. The molecule has 0 atom stereocenters. The van der Waals surface area contributed by atoms with Gasteiger partial charge in [-0.2, -0.15) is 0 Å². The third-order valence-electron chi connectivity index (χ3n) is 5.15. The van der Waals surface area contributed by atoms with Gasteiger partial charge in [-0.3, -0.25) is 4.79 Å². The molecule has 4 aromatic carbocycles. The van der Waals surface area contributed by atoms with Crippen LogP contribution in [0, 0.1) is 0 Å². The molecule has 0 aliphatic heterocycles. The summed E-state index contributed by atoms with van der Waals surface area (Å²) >= 11 is 0. The van der Waals surface area contributed by atoms with E-state index in [1.807, 2.05) is 78.9 Å². The molecule has 0 spiro atoms. The van der Waals surface area contributed by atoms with Gasteiger partial charge in [0.05, 0.1) is 0 Å². The molecule has 4 heteroatoms. The van der Waals surface area contributed by atoms with Crippen LogP contribution in [0.3, 0.4) is 0 Å². The summed E-state index contributed by atoms with van der Waals surface area (Å²) in [5.41, 5.74) is 5.44. The van der Waals surface area contributed by atoms with Crippen LogP contribution in [0.15, 0.2) is 103 Å². The fourth-order valence-corrected chi connectivity index (χ4v) is 3.54. The van der Waals surface area contributed by atoms with E-state index in [1.165, 1.54) is 0 Å². The quantitative estimate of drug-likeness (QED) is 0.384. The summed E-state index contributed by atoms with van der Waals surface area (Å²) in [5, 5.41) is 12.4. The van der Waals surface area contributed by atoms with Crippen LogP contribution in [0.1, 0.15) is 17.3 Å². The standard InChI is InChI=1S/C27H24N2O2/c1-2-29(24-8-4-3-5-9-24)25-10-6-7-23(19-25)28-27(31)22-13-11-20(12-14-22)21-15-17-26(30)18-16-21/h3-19,30H,2H2,1H3,(H,28,31). The number of hydrogen-bond acceptors (Lipinski definition) is 3. The molecule has 0 bridgehead atoms. The number of para-hydroxylation sites is 1. The van der Waals surface area contributed by atoms with Crippen LogP contribution in [0.2, 0.25) is 0 Å². The smallest absolute Gasteiger partial charge is 0.255 e. The summed E-state index contributed by atoms with van der Waals surface area (Å²) in [4.78, 5) is 15.0. The number of carbonyl (C=O) groups is 1. The molecule has 4 rings (SSSR count). The van der Waals surface area contributed by atoms with E-state index in [-0.39, 0.29) is 11.7 Å². The van der Waals surface area contributed by atoms with E-state index in [1.54, 1.807) is 12.1 Å². The molecule has 0 saturated heterocycles. The number of aromatic hydroxyl groups is 1. The summed E-state index contributed by atoms with van der Waals surface area (Å²) in [7, 11) is 0. The van der Waals surface area contributed by atoms with Gasteiger partial charge in [-0.05, 0) is 72.6 Å². The molecule has 0 unspecified atom stereocenters. The van der Waals surface area contributed by atoms with E-state index in [9.17, 15) is 9.90 Å². The number of phenolic OH excluding ortho intramolecular Hbond substituents is 1. The van der Waals surface area contributed by atoms with E-state index >= 15 is 0 Å². The Labute approximate surface area is 182 Å². The Kier molecular flexibility index (Phi) is 5.99. The first-order valence-corrected chi connectivity index (χ1v) is 10.3. The molecule has 2 N–H and O–H groups in total. The van der Waals surface area contributed by atoms with Crippen LogP contribution in [-0.4, -0.2) is 17.6 Å². The molecule has 1 amide bonds. The molecule has 0 fully saturated rings. The monoisotopic (exact) mass is 408 g/mol. The number of nitrogens with zero attached hydrogens (tertiary/aromatic N) is 1. The van der Waals surface area contributed by atoms with Gasteiger partial charge < -0.3 is 15.3 Å². The van der Waals surface area contributed by atoms with Crippen molar-refractivity contribution in [1.29, 1.82) is 0 Å². The Morgan fingerprint density at radius 2 is 1.39 bits per heavy atom. The zero-order valence-electron chi connectivity index (χ0n) is 17.3. The largest absolute Gasteiger partial charge is 0.508 e. The van der Waals surface area contributed by atoms with Crippen molar-refractivity contribution in [2.24, 2.45) is 0 Å². The van der Waals surface area contributed by atoms with Crippen molar-refractivity contribution in [2.45, 2.75) is 6.92 Å². The average molecular weight is 409 g/mol. The normalized spacial score (nSPS) is 10.5. The van der Waals surface area contributed by atoms with Gasteiger partial charge in [0.25, 0.3) is 5.91 Å². The zero-order valence-corrected chi connectivity index (χ0v) is 17.3. The summed E-state index contributed by atoms with van der Waals surface area (Å²) < 4.78 is 0. The van der Waals surface area contributed by atoms with Crippen LogP contribution >= 0.6 is 0 Å². The molecule has 0 radical (unpaired) electrons. The Balaban J connectivity index is 1.50. The number of amides is 1. The summed E-state index contributed by atoms with van der Waals surface area (Å²) in [5.74, 6) is 0.0769. The fraction of sp³-hybridized carbons (Fsp3) is 0.0741. The minimum absolute atomic E-state index is 0.155. The molecule has 154 valence electrons. The van der Waals surface area contributed by atoms with Gasteiger partial charge in [0.15, 0.2) is 0 Å². The molecule has 4 aromatic rings. The number of phenols is 1. The third kappa shape index (κ3) is 4.75. The molecule has 0 saturated carbocycles. The van der Waals surface area contributed by atoms with Crippen LogP contribution in [0.4, 0.5) is 17.1 Å². The SMILES string of the molecule is CCN(c1ccccc1)c1cccc(NC(=O)c2ccc(-c3ccc(O)cc3)cc2)c1. The lowest BCUT2D eigenvalue weighted by molar-refractivity contribution is 0.102. The van der Waals surface area contributed by atoms with Gasteiger partial charge in [0.1, 0.15) is 5.75 Å². The van der Waals surface area contributed by atoms with Crippen molar-refractivity contribution in [2.75, 3.05) is 16.8 Å². The van der Waals surface area contributed by atoms with Crippen LogP contribution in [0.5, 0.6) is 5.75 Å². The number of nitrogens with one attached hydrogen (secondary N) is 1. The minimum atomic E-state index is -0.155. The van der Waals surface area contributed by atoms with Crippen LogP contribution in [0.25, 0.3) is 11.1 Å². The zero-order chi connectivity index (χ0) is 21.6. The Morgan fingerprint density at radius 1 is 0.774 bits per heavy atom. The first kappa shape index (κ1) is 20.2. The maximum absolute atomic E-state index is 12.8. The topological polar surface area (TPSA) is 52.6 Å². The lowest BCUT2D eigenvalue weighted by Crippen LogP contribution is -2.17. The fourth-order valence-electron chi connectivity index (χ4n) is 3.54. The van der Waals surface area contributed by atoms with Crippen molar-refractivity contribution in [1.82, 2.24) is 0 Å². The highest BCUT2D eigenvalue weighted by molar-refractivity contribution is 6.04. The molecule has 31 heavy (non-hydrogen) atoms. The average Bonchev–Trinajstić information content (AvgIpc) is 2.81. The first-order valence-electron chi connectivity index (χ1n) is 10.3. The first-order chi connectivity index (χ1) is 15.1. The molecule has 4 nitrogen and oxygen atoms in total. The second-order valence-corrected chi connectivity index (χ2v) is 7.21. The predicted molar refractivity (Wildman–Crippen MR) is 127 cm³/mol. The van der Waals surface area contributed by atoms with Crippen molar-refractivity contribution in [3.05, 3.63) is 109 Å². The van der Waals surface area contributed by atoms with Gasteiger partial charge in [0.2, 0.25) is 0 Å². The number of anilines is 3. The summed E-state index contributed by atoms with van der Waals surface area (Å²) in [6.45, 7) is 2.92. The molecule has 0 aliphatic rings. The van der Waals surface area contributed by atoms with E-state index in [0.29, 0.717) is 5.56 Å². The van der Waals surface area contributed by atoms with E-state index in [4.69, 9.17) is 0 Å². The molecule has 0 aromatic heterocycles. The number of carbonyl (C=O) groups excluding carboxylic acids is 1. The van der Waals surface area contributed by atoms with Crippen LogP contribution in [-0.2, 0) is 0 Å². The van der Waals surface area contributed by atoms with Crippen LogP contribution < -0.4 is 10.2 Å². The van der Waals surface area contributed by atoms with Crippen molar-refractivity contribution < 1.29 is 9.90 Å². The molecular formula is C27H24N2O2. The number of rotatable bonds is 6. The lowest BCUT2D eigenvalue weighted by Gasteiger charge is -2.24. The van der Waals surface area contributed by atoms with Gasteiger partial charge in [0, 0.05) is 29.2 Å². The Hall–Kier alpha value is -4.05. The molecule has 0 heterocycles. The number of benzene rings is 4. The highest BCUT2D eigenvalue weighted by Gasteiger charge is 2.10. The highest BCUT2D eigenvalue weighted by Crippen LogP contribution is 2.27. The highest BCUT2D eigenvalue weighted by atomic mass is 16.3. The Bertz CT molecular complexity index is 1150. The summed E-state index contributed by atoms with van der Waals surface area (Å²) in [6.07, 6.45) is 0. The van der Waals surface area contributed by atoms with E-state index in [0.717, 1.165) is 34.7 Å². The number of hydrogen-bond donors (Lipinski definition) is 2. The van der Waals surface area contributed by atoms with E-state index < -0.39 is 0 Å². The van der Waals surface area contributed by atoms with Crippen molar-refractivity contribution in [3.63, 3.8) is 0 Å². The van der Waals surface area contributed by atoms with Crippen molar-refractivity contribution in [3.8, 4) is 16.9 Å². The second-order valence-electron chi connectivity index (χ2n) is 7.21. The maximum atomic E-state index is 12.8. The molecule has 0 aliphatic carbocycles. The van der Waals surface area contributed by atoms with Gasteiger partial charge in [-0.25, -0.2) is 0 Å². The molecular weight excluding hydrogens is 384 g/mol. The Morgan fingerprint density at radius 3 is 2.03 bits per heavy atom. The second kappa shape index (κ2) is 9.18. The summed E-state index contributed by atoms with van der Waals surface area (Å²) in [6, 6.07) is 32.5. The van der Waals surface area contributed by atoms with Gasteiger partial charge in [-0.1, -0.05) is 48.5 Å². The van der Waals surface area contributed by atoms with Gasteiger partial charge >= 0.3 is 0 Å². The predicted octanol–water partition coefficient (Wildman–Crippen LogP) is 6.47. The lowest BCUT2D eigenvalue weighted by atomic mass is 10.0.